The average Bonchev–Trinajstić information content (AvgIpc) is 2.85. The third-order valence-corrected chi connectivity index (χ3v) is 4.44. The van der Waals surface area contributed by atoms with Gasteiger partial charge in [-0.2, -0.15) is 5.10 Å². The second kappa shape index (κ2) is 7.61. The van der Waals surface area contributed by atoms with Crippen LogP contribution in [0, 0.1) is 0 Å². The van der Waals surface area contributed by atoms with E-state index >= 15 is 0 Å². The van der Waals surface area contributed by atoms with Crippen molar-refractivity contribution in [3.63, 3.8) is 0 Å². The van der Waals surface area contributed by atoms with E-state index in [1.54, 1.807) is 0 Å². The molecule has 0 saturated heterocycles. The van der Waals surface area contributed by atoms with Crippen molar-refractivity contribution < 1.29 is 9.59 Å². The smallest absolute Gasteiger partial charge is 0.253 e. The Hall–Kier alpha value is -3.16. The number of benzene rings is 2. The molecule has 0 unspecified atom stereocenters. The van der Waals surface area contributed by atoms with Crippen molar-refractivity contribution in [3.8, 4) is 0 Å². The summed E-state index contributed by atoms with van der Waals surface area (Å²) in [5, 5.41) is 5.26. The lowest BCUT2D eigenvalue weighted by molar-refractivity contribution is -0.122. The Bertz CT molecular complexity index is 1040. The van der Waals surface area contributed by atoms with E-state index in [-0.39, 0.29) is 37.2 Å². The molecule has 1 aromatic heterocycles. The predicted octanol–water partition coefficient (Wildman–Crippen LogP) is 1.48. The molecule has 0 fully saturated rings. The van der Waals surface area contributed by atoms with Gasteiger partial charge in [-0.15, -0.1) is 12.4 Å². The van der Waals surface area contributed by atoms with Crippen LogP contribution in [0.4, 0.5) is 0 Å². The molecule has 1 aliphatic rings. The highest BCUT2D eigenvalue weighted by Crippen LogP contribution is 2.30. The maximum atomic E-state index is 12.2. The zero-order chi connectivity index (χ0) is 18.1. The van der Waals surface area contributed by atoms with Gasteiger partial charge in [0.1, 0.15) is 12.3 Å². The van der Waals surface area contributed by atoms with Crippen molar-refractivity contribution in [2.24, 2.45) is 10.9 Å². The first kappa shape index (κ1) is 18.6. The van der Waals surface area contributed by atoms with Crippen molar-refractivity contribution in [2.75, 3.05) is 0 Å². The van der Waals surface area contributed by atoms with Crippen LogP contribution in [0.2, 0.25) is 0 Å². The van der Waals surface area contributed by atoms with Crippen LogP contribution >= 0.6 is 12.4 Å². The number of hydrogen-bond donors (Lipinski definition) is 3. The van der Waals surface area contributed by atoms with Crippen LogP contribution in [-0.4, -0.2) is 22.1 Å². The summed E-state index contributed by atoms with van der Waals surface area (Å²) in [6.07, 6.45) is 0.187. The Morgan fingerprint density at radius 2 is 1.85 bits per heavy atom. The van der Waals surface area contributed by atoms with Gasteiger partial charge in [-0.25, -0.2) is 11.3 Å². The quantitative estimate of drug-likeness (QED) is 0.362. The van der Waals surface area contributed by atoms with Gasteiger partial charge >= 0.3 is 0 Å². The number of hydrazine groups is 1. The number of carbonyl (C=O) groups is 2. The summed E-state index contributed by atoms with van der Waals surface area (Å²) in [7, 11) is 0. The Labute approximate surface area is 161 Å². The maximum Gasteiger partial charge on any atom is 0.253 e. The molecular formula is C19H18ClN5O2. The van der Waals surface area contributed by atoms with Gasteiger partial charge < -0.3 is 4.57 Å². The minimum Gasteiger partial charge on any atom is -0.329 e. The molecule has 8 heteroatoms. The van der Waals surface area contributed by atoms with Gasteiger partial charge in [0, 0.05) is 16.5 Å². The molecule has 3 aromatic rings. The standard InChI is InChI=1S/C19H17N5O2.ClH/c20-21-17(26)11-24-15-9-5-4-8-13(15)14-10-16(25)22-23-18(19(14)24)12-6-2-1-3-7-12;/h1-9H,10-11,20H2,(H,21,26)(H,22,25);1H. The SMILES string of the molecule is Cl.NNC(=O)Cn1c2c(c3ccccc31)CC(=O)NN=C2c1ccccc1. The van der Waals surface area contributed by atoms with Crippen molar-refractivity contribution in [3.05, 3.63) is 71.4 Å². The summed E-state index contributed by atoms with van der Waals surface area (Å²) in [4.78, 5) is 24.2. The van der Waals surface area contributed by atoms with Crippen molar-refractivity contribution in [1.29, 1.82) is 0 Å². The van der Waals surface area contributed by atoms with Crippen LogP contribution in [-0.2, 0) is 22.6 Å². The highest BCUT2D eigenvalue weighted by molar-refractivity contribution is 6.17. The fraction of sp³-hybridized carbons (Fsp3) is 0.105. The van der Waals surface area contributed by atoms with E-state index in [2.05, 4.69) is 16.0 Å². The summed E-state index contributed by atoms with van der Waals surface area (Å²) in [6, 6.07) is 17.3. The highest BCUT2D eigenvalue weighted by atomic mass is 35.5. The number of amides is 2. The maximum absolute atomic E-state index is 12.2. The minimum atomic E-state index is -0.329. The van der Waals surface area contributed by atoms with Crippen LogP contribution in [0.15, 0.2) is 59.7 Å². The lowest BCUT2D eigenvalue weighted by Crippen LogP contribution is -2.34. The fourth-order valence-corrected chi connectivity index (χ4v) is 3.35. The molecule has 0 aliphatic carbocycles. The molecule has 4 rings (SSSR count). The molecular weight excluding hydrogens is 366 g/mol. The van der Waals surface area contributed by atoms with E-state index < -0.39 is 0 Å². The predicted molar refractivity (Wildman–Crippen MR) is 105 cm³/mol. The third-order valence-electron chi connectivity index (χ3n) is 4.44. The van der Waals surface area contributed by atoms with Crippen LogP contribution in [0.3, 0.4) is 0 Å². The van der Waals surface area contributed by atoms with Gasteiger partial charge in [0.2, 0.25) is 5.91 Å². The van der Waals surface area contributed by atoms with E-state index in [0.717, 1.165) is 27.7 Å². The van der Waals surface area contributed by atoms with E-state index in [1.807, 2.05) is 59.2 Å². The van der Waals surface area contributed by atoms with Crippen LogP contribution < -0.4 is 16.7 Å². The van der Waals surface area contributed by atoms with Gasteiger partial charge in [0.25, 0.3) is 5.91 Å². The number of para-hydroxylation sites is 1. The van der Waals surface area contributed by atoms with E-state index in [4.69, 9.17) is 5.84 Å². The molecule has 0 radical (unpaired) electrons. The molecule has 2 heterocycles. The number of fused-ring (bicyclic) bond motifs is 3. The molecule has 1 aliphatic heterocycles. The lowest BCUT2D eigenvalue weighted by atomic mass is 10.0. The van der Waals surface area contributed by atoms with E-state index in [1.165, 1.54) is 0 Å². The number of carbonyl (C=O) groups excluding carboxylic acids is 2. The van der Waals surface area contributed by atoms with Crippen molar-refractivity contribution in [2.45, 2.75) is 13.0 Å². The Morgan fingerprint density at radius 1 is 1.15 bits per heavy atom. The summed E-state index contributed by atoms with van der Waals surface area (Å²) in [5.74, 6) is 4.78. The molecule has 0 saturated carbocycles. The number of halogens is 1. The molecule has 0 atom stereocenters. The number of hydrogen-bond acceptors (Lipinski definition) is 4. The second-order valence-electron chi connectivity index (χ2n) is 6.04. The number of nitrogens with one attached hydrogen (secondary N) is 2. The number of aromatic nitrogens is 1. The molecule has 138 valence electrons. The molecule has 4 N–H and O–H groups in total. The molecule has 2 aromatic carbocycles. The van der Waals surface area contributed by atoms with Crippen LogP contribution in [0.1, 0.15) is 16.8 Å². The van der Waals surface area contributed by atoms with E-state index in [9.17, 15) is 9.59 Å². The topological polar surface area (TPSA) is 102 Å². The largest absolute Gasteiger partial charge is 0.329 e. The van der Waals surface area contributed by atoms with Gasteiger partial charge in [0.05, 0.1) is 12.1 Å². The first-order valence-electron chi connectivity index (χ1n) is 8.21. The lowest BCUT2D eigenvalue weighted by Gasteiger charge is -2.12. The van der Waals surface area contributed by atoms with Gasteiger partial charge in [-0.05, 0) is 11.6 Å². The van der Waals surface area contributed by atoms with Gasteiger partial charge in [0.15, 0.2) is 0 Å². The summed E-state index contributed by atoms with van der Waals surface area (Å²) in [5.41, 5.74) is 8.70. The second-order valence-corrected chi connectivity index (χ2v) is 6.04. The normalized spacial score (nSPS) is 13.1. The molecule has 2 amide bonds. The zero-order valence-corrected chi connectivity index (χ0v) is 15.1. The van der Waals surface area contributed by atoms with Crippen LogP contribution in [0.5, 0.6) is 0 Å². The van der Waals surface area contributed by atoms with E-state index in [0.29, 0.717) is 5.71 Å². The average molecular weight is 384 g/mol. The number of rotatable bonds is 3. The number of hydrazone groups is 1. The molecule has 0 spiro atoms. The number of nitrogens with two attached hydrogens (primary N) is 1. The third kappa shape index (κ3) is 3.30. The molecule has 27 heavy (non-hydrogen) atoms. The summed E-state index contributed by atoms with van der Waals surface area (Å²) >= 11 is 0. The Balaban J connectivity index is 0.00000210. The van der Waals surface area contributed by atoms with Gasteiger partial charge in [-0.1, -0.05) is 48.5 Å². The van der Waals surface area contributed by atoms with Gasteiger partial charge in [-0.3, -0.25) is 15.0 Å². The zero-order valence-electron chi connectivity index (χ0n) is 14.3. The Morgan fingerprint density at radius 3 is 2.59 bits per heavy atom. The first-order chi connectivity index (χ1) is 12.7. The molecule has 7 nitrogen and oxygen atoms in total. The fourth-order valence-electron chi connectivity index (χ4n) is 3.35. The summed E-state index contributed by atoms with van der Waals surface area (Å²) < 4.78 is 1.86. The van der Waals surface area contributed by atoms with Crippen molar-refractivity contribution in [1.82, 2.24) is 15.4 Å². The summed E-state index contributed by atoms with van der Waals surface area (Å²) in [6.45, 7) is 0.0341. The Kier molecular flexibility index (Phi) is 5.25. The van der Waals surface area contributed by atoms with Crippen molar-refractivity contribution >= 4 is 40.8 Å². The monoisotopic (exact) mass is 383 g/mol. The van der Waals surface area contributed by atoms with Crippen LogP contribution in [0.25, 0.3) is 10.9 Å². The number of nitrogens with zero attached hydrogens (tertiary/aromatic N) is 2. The first-order valence-corrected chi connectivity index (χ1v) is 8.21. The molecule has 0 bridgehead atoms. The minimum absolute atomic E-state index is 0. The highest BCUT2D eigenvalue weighted by Gasteiger charge is 2.27.